The van der Waals surface area contributed by atoms with E-state index in [9.17, 15) is 10.1 Å². The Morgan fingerprint density at radius 2 is 2.17 bits per heavy atom. The summed E-state index contributed by atoms with van der Waals surface area (Å²) in [6.07, 6.45) is 0. The summed E-state index contributed by atoms with van der Waals surface area (Å²) in [6, 6.07) is 5.27. The second kappa shape index (κ2) is 6.82. The summed E-state index contributed by atoms with van der Waals surface area (Å²) in [7, 11) is 0. The van der Waals surface area contributed by atoms with E-state index in [-0.39, 0.29) is 18.3 Å². The van der Waals surface area contributed by atoms with Gasteiger partial charge >= 0.3 is 0 Å². The third kappa shape index (κ3) is 3.76. The predicted octanol–water partition coefficient (Wildman–Crippen LogP) is 2.56. The summed E-state index contributed by atoms with van der Waals surface area (Å²) in [6.45, 7) is 5.25. The van der Waals surface area contributed by atoms with E-state index in [4.69, 9.17) is 5.11 Å². The van der Waals surface area contributed by atoms with Gasteiger partial charge in [-0.15, -0.1) is 0 Å². The van der Waals surface area contributed by atoms with E-state index in [0.717, 1.165) is 5.56 Å². The van der Waals surface area contributed by atoms with Crippen molar-refractivity contribution < 1.29 is 10.0 Å². The molecule has 0 fully saturated rings. The van der Waals surface area contributed by atoms with Gasteiger partial charge in [0, 0.05) is 25.2 Å². The molecule has 1 rings (SSSR count). The third-order valence-corrected chi connectivity index (χ3v) is 3.66. The molecule has 0 unspecified atom stereocenters. The Labute approximate surface area is 115 Å². The molecular formula is C12H17BrN2O3. The maximum atomic E-state index is 10.8. The molecule has 100 valence electrons. The van der Waals surface area contributed by atoms with Crippen molar-refractivity contribution in [1.82, 2.24) is 4.90 Å². The molecule has 0 amide bonds. The van der Waals surface area contributed by atoms with Crippen LogP contribution in [-0.4, -0.2) is 34.1 Å². The van der Waals surface area contributed by atoms with Gasteiger partial charge in [-0.05, 0) is 35.3 Å². The highest BCUT2D eigenvalue weighted by molar-refractivity contribution is 9.10. The number of aliphatic hydroxyl groups excluding tert-OH is 1. The van der Waals surface area contributed by atoms with Crippen LogP contribution in [0, 0.1) is 10.1 Å². The van der Waals surface area contributed by atoms with Crippen molar-refractivity contribution in [2.75, 3.05) is 13.2 Å². The van der Waals surface area contributed by atoms with Crippen molar-refractivity contribution in [3.8, 4) is 0 Å². The first-order valence-corrected chi connectivity index (χ1v) is 6.53. The minimum absolute atomic E-state index is 0.0696. The molecule has 18 heavy (non-hydrogen) atoms. The fourth-order valence-corrected chi connectivity index (χ4v) is 2.23. The maximum Gasteiger partial charge on any atom is 0.283 e. The first kappa shape index (κ1) is 15.1. The van der Waals surface area contributed by atoms with Crippen LogP contribution in [0.5, 0.6) is 0 Å². The lowest BCUT2D eigenvalue weighted by Crippen LogP contribution is -2.33. The van der Waals surface area contributed by atoms with E-state index in [1.165, 1.54) is 6.07 Å². The van der Waals surface area contributed by atoms with Crippen molar-refractivity contribution in [2.45, 2.75) is 26.4 Å². The minimum atomic E-state index is -0.403. The maximum absolute atomic E-state index is 10.8. The van der Waals surface area contributed by atoms with Crippen LogP contribution >= 0.6 is 15.9 Å². The standard InChI is InChI=1S/C12H17BrN2O3/c1-9(2)14(6-7-16)8-10-4-3-5-11(12(10)13)15(17)18/h3-5,9,16H,6-8H2,1-2H3. The molecule has 0 radical (unpaired) electrons. The van der Waals surface area contributed by atoms with E-state index in [0.29, 0.717) is 17.6 Å². The lowest BCUT2D eigenvalue weighted by molar-refractivity contribution is -0.385. The largest absolute Gasteiger partial charge is 0.395 e. The Balaban J connectivity index is 2.96. The number of benzene rings is 1. The van der Waals surface area contributed by atoms with Crippen LogP contribution in [0.3, 0.4) is 0 Å². The smallest absolute Gasteiger partial charge is 0.283 e. The summed E-state index contributed by atoms with van der Waals surface area (Å²) in [4.78, 5) is 12.5. The molecule has 0 saturated heterocycles. The highest BCUT2D eigenvalue weighted by Gasteiger charge is 2.17. The topological polar surface area (TPSA) is 66.6 Å². The first-order valence-electron chi connectivity index (χ1n) is 5.74. The molecule has 0 aliphatic heterocycles. The molecular weight excluding hydrogens is 300 g/mol. The lowest BCUT2D eigenvalue weighted by atomic mass is 10.1. The number of halogens is 1. The van der Waals surface area contributed by atoms with Gasteiger partial charge in [0.2, 0.25) is 0 Å². The number of hydrogen-bond acceptors (Lipinski definition) is 4. The van der Waals surface area contributed by atoms with Gasteiger partial charge in [-0.1, -0.05) is 12.1 Å². The van der Waals surface area contributed by atoms with Gasteiger partial charge in [0.15, 0.2) is 0 Å². The Bertz CT molecular complexity index is 424. The van der Waals surface area contributed by atoms with Crippen LogP contribution < -0.4 is 0 Å². The van der Waals surface area contributed by atoms with E-state index in [1.807, 2.05) is 19.9 Å². The van der Waals surface area contributed by atoms with Gasteiger partial charge in [0.05, 0.1) is 16.0 Å². The zero-order valence-electron chi connectivity index (χ0n) is 10.5. The molecule has 0 aliphatic rings. The summed E-state index contributed by atoms with van der Waals surface area (Å²) in [5.74, 6) is 0. The average Bonchev–Trinajstić information content (AvgIpc) is 2.30. The van der Waals surface area contributed by atoms with Gasteiger partial charge < -0.3 is 5.11 Å². The number of rotatable bonds is 6. The van der Waals surface area contributed by atoms with Crippen LogP contribution in [0.2, 0.25) is 0 Å². The van der Waals surface area contributed by atoms with Crippen molar-refractivity contribution in [3.63, 3.8) is 0 Å². The van der Waals surface area contributed by atoms with Crippen molar-refractivity contribution in [2.24, 2.45) is 0 Å². The van der Waals surface area contributed by atoms with Gasteiger partial charge in [-0.3, -0.25) is 15.0 Å². The molecule has 6 heteroatoms. The molecule has 1 aromatic rings. The Kier molecular flexibility index (Phi) is 5.71. The van der Waals surface area contributed by atoms with E-state index in [1.54, 1.807) is 6.07 Å². The van der Waals surface area contributed by atoms with Gasteiger partial charge in [-0.25, -0.2) is 0 Å². The molecule has 0 saturated carbocycles. The minimum Gasteiger partial charge on any atom is -0.395 e. The normalized spacial score (nSPS) is 11.2. The number of nitrogens with zero attached hydrogens (tertiary/aromatic N) is 2. The zero-order chi connectivity index (χ0) is 13.7. The fraction of sp³-hybridized carbons (Fsp3) is 0.500. The third-order valence-electron chi connectivity index (χ3n) is 2.75. The summed E-state index contributed by atoms with van der Waals surface area (Å²) in [5.41, 5.74) is 0.923. The predicted molar refractivity (Wildman–Crippen MR) is 73.4 cm³/mol. The summed E-state index contributed by atoms with van der Waals surface area (Å²) in [5, 5.41) is 19.9. The van der Waals surface area contributed by atoms with Crippen LogP contribution in [0.15, 0.2) is 22.7 Å². The Morgan fingerprint density at radius 3 is 2.67 bits per heavy atom. The molecule has 0 bridgehead atoms. The van der Waals surface area contributed by atoms with Crippen molar-refractivity contribution in [1.29, 1.82) is 0 Å². The molecule has 0 aromatic heterocycles. The monoisotopic (exact) mass is 316 g/mol. The summed E-state index contributed by atoms with van der Waals surface area (Å²) >= 11 is 3.28. The van der Waals surface area contributed by atoms with E-state index in [2.05, 4.69) is 20.8 Å². The van der Waals surface area contributed by atoms with Crippen LogP contribution in [0.4, 0.5) is 5.69 Å². The highest BCUT2D eigenvalue weighted by atomic mass is 79.9. The molecule has 1 aromatic carbocycles. The molecule has 0 aliphatic carbocycles. The quantitative estimate of drug-likeness (QED) is 0.647. The second-order valence-electron chi connectivity index (χ2n) is 4.30. The lowest BCUT2D eigenvalue weighted by Gasteiger charge is -2.25. The number of nitro groups is 1. The molecule has 0 spiro atoms. The van der Waals surface area contributed by atoms with Crippen LogP contribution in [-0.2, 0) is 6.54 Å². The highest BCUT2D eigenvalue weighted by Crippen LogP contribution is 2.29. The van der Waals surface area contributed by atoms with Gasteiger partial charge in [-0.2, -0.15) is 0 Å². The number of nitro benzene ring substituents is 1. The van der Waals surface area contributed by atoms with Crippen molar-refractivity contribution >= 4 is 21.6 Å². The van der Waals surface area contributed by atoms with Crippen LogP contribution in [0.1, 0.15) is 19.4 Å². The number of hydrogen-bond donors (Lipinski definition) is 1. The second-order valence-corrected chi connectivity index (χ2v) is 5.09. The molecule has 1 N–H and O–H groups in total. The van der Waals surface area contributed by atoms with Crippen molar-refractivity contribution in [3.05, 3.63) is 38.3 Å². The molecule has 0 atom stereocenters. The van der Waals surface area contributed by atoms with Crippen LogP contribution in [0.25, 0.3) is 0 Å². The Hall–Kier alpha value is -0.980. The van der Waals surface area contributed by atoms with Gasteiger partial charge in [0.25, 0.3) is 5.69 Å². The first-order chi connectivity index (χ1) is 8.47. The van der Waals surface area contributed by atoms with Gasteiger partial charge in [0.1, 0.15) is 0 Å². The summed E-state index contributed by atoms with van der Waals surface area (Å²) < 4.78 is 0.513. The SMILES string of the molecule is CC(C)N(CCO)Cc1cccc([N+](=O)[O-])c1Br. The van der Waals surface area contributed by atoms with E-state index >= 15 is 0 Å². The molecule has 0 heterocycles. The zero-order valence-corrected chi connectivity index (χ0v) is 12.1. The average molecular weight is 317 g/mol. The Morgan fingerprint density at radius 1 is 1.50 bits per heavy atom. The van der Waals surface area contributed by atoms with E-state index < -0.39 is 4.92 Å². The number of aliphatic hydroxyl groups is 1. The fourth-order valence-electron chi connectivity index (χ4n) is 1.70. The molecule has 5 nitrogen and oxygen atoms in total.